The molecule has 0 saturated heterocycles. The van der Waals surface area contributed by atoms with Crippen molar-refractivity contribution in [2.24, 2.45) is 5.41 Å². The molecule has 0 saturated carbocycles. The fourth-order valence-electron chi connectivity index (χ4n) is 1.69. The second-order valence-corrected chi connectivity index (χ2v) is 7.48. The van der Waals surface area contributed by atoms with E-state index in [-0.39, 0.29) is 18.1 Å². The third-order valence-electron chi connectivity index (χ3n) is 2.81. The van der Waals surface area contributed by atoms with Crippen molar-refractivity contribution in [1.82, 2.24) is 5.32 Å². The molecule has 3 heteroatoms. The highest BCUT2D eigenvalue weighted by Gasteiger charge is 2.12. The van der Waals surface area contributed by atoms with E-state index in [9.17, 15) is 4.79 Å². The van der Waals surface area contributed by atoms with E-state index >= 15 is 0 Å². The zero-order valence-corrected chi connectivity index (χ0v) is 13.8. The van der Waals surface area contributed by atoms with Gasteiger partial charge in [0.2, 0.25) is 5.91 Å². The molecular weight excluding hydrogens is 238 g/mol. The van der Waals surface area contributed by atoms with E-state index in [1.54, 1.807) is 0 Å². The first-order valence-electron chi connectivity index (χ1n) is 7.51. The molecule has 0 heterocycles. The molecule has 0 aliphatic carbocycles. The van der Waals surface area contributed by atoms with Crippen LogP contribution in [0.3, 0.4) is 0 Å². The van der Waals surface area contributed by atoms with Gasteiger partial charge in [-0.25, -0.2) is 0 Å². The van der Waals surface area contributed by atoms with Crippen LogP contribution in [0.25, 0.3) is 0 Å². The Hall–Kier alpha value is -0.570. The number of unbranched alkanes of at least 4 members (excludes halogenated alkanes) is 3. The zero-order valence-electron chi connectivity index (χ0n) is 13.8. The Kier molecular flexibility index (Phi) is 8.31. The number of ether oxygens (including phenoxy) is 1. The van der Waals surface area contributed by atoms with E-state index in [1.165, 1.54) is 25.7 Å². The maximum atomic E-state index is 11.5. The van der Waals surface area contributed by atoms with Crippen molar-refractivity contribution >= 4 is 5.91 Å². The van der Waals surface area contributed by atoms with Crippen molar-refractivity contribution in [1.29, 1.82) is 0 Å². The molecule has 0 bridgehead atoms. The Labute approximate surface area is 119 Å². The highest BCUT2D eigenvalue weighted by Crippen LogP contribution is 2.22. The van der Waals surface area contributed by atoms with Gasteiger partial charge < -0.3 is 10.1 Å². The summed E-state index contributed by atoms with van der Waals surface area (Å²) in [6.45, 7) is 13.6. The molecule has 0 unspecified atom stereocenters. The Balaban J connectivity index is 3.37. The number of carbonyl (C=O) groups excluding carboxylic acids is 1. The predicted molar refractivity (Wildman–Crippen MR) is 81.3 cm³/mol. The van der Waals surface area contributed by atoms with Crippen LogP contribution >= 0.6 is 0 Å². The number of amides is 1. The van der Waals surface area contributed by atoms with Crippen LogP contribution < -0.4 is 5.32 Å². The third-order valence-corrected chi connectivity index (χ3v) is 2.81. The lowest BCUT2D eigenvalue weighted by molar-refractivity contribution is -0.130. The number of rotatable bonds is 8. The Bertz CT molecular complexity index is 248. The molecule has 1 amide bonds. The lowest BCUT2D eigenvalue weighted by Crippen LogP contribution is -2.32. The lowest BCUT2D eigenvalue weighted by Gasteiger charge is -2.19. The van der Waals surface area contributed by atoms with Crippen LogP contribution in [-0.2, 0) is 9.53 Å². The summed E-state index contributed by atoms with van der Waals surface area (Å²) in [5.74, 6) is -0.00961. The van der Waals surface area contributed by atoms with Crippen molar-refractivity contribution in [3.63, 3.8) is 0 Å². The fourth-order valence-corrected chi connectivity index (χ4v) is 1.69. The molecule has 0 aromatic rings. The summed E-state index contributed by atoms with van der Waals surface area (Å²) >= 11 is 0. The summed E-state index contributed by atoms with van der Waals surface area (Å²) in [5, 5.41) is 2.90. The normalized spacial score (nSPS) is 12.5. The second-order valence-electron chi connectivity index (χ2n) is 7.48. The monoisotopic (exact) mass is 271 g/mol. The molecule has 0 rings (SSSR count). The van der Waals surface area contributed by atoms with E-state index in [1.807, 2.05) is 20.8 Å². The summed E-state index contributed by atoms with van der Waals surface area (Å²) in [5.41, 5.74) is 0.197. The van der Waals surface area contributed by atoms with E-state index in [4.69, 9.17) is 4.74 Å². The van der Waals surface area contributed by atoms with Gasteiger partial charge in [0.15, 0.2) is 0 Å². The number of carbonyl (C=O) groups is 1. The van der Waals surface area contributed by atoms with Crippen molar-refractivity contribution < 1.29 is 9.53 Å². The molecule has 1 N–H and O–H groups in total. The smallest absolute Gasteiger partial charge is 0.246 e. The van der Waals surface area contributed by atoms with Crippen LogP contribution in [0.5, 0.6) is 0 Å². The van der Waals surface area contributed by atoms with E-state index in [0.717, 1.165) is 13.0 Å². The van der Waals surface area contributed by atoms with Gasteiger partial charge >= 0.3 is 0 Å². The molecule has 19 heavy (non-hydrogen) atoms. The van der Waals surface area contributed by atoms with Gasteiger partial charge in [-0.15, -0.1) is 0 Å². The van der Waals surface area contributed by atoms with Crippen LogP contribution in [-0.4, -0.2) is 24.7 Å². The maximum Gasteiger partial charge on any atom is 0.246 e. The highest BCUT2D eigenvalue weighted by atomic mass is 16.5. The lowest BCUT2D eigenvalue weighted by atomic mass is 9.89. The third kappa shape index (κ3) is 15.4. The Morgan fingerprint density at radius 2 is 1.53 bits per heavy atom. The van der Waals surface area contributed by atoms with Gasteiger partial charge in [-0.2, -0.15) is 0 Å². The van der Waals surface area contributed by atoms with Gasteiger partial charge in [-0.1, -0.05) is 40.0 Å². The minimum absolute atomic E-state index is 0.00961. The molecule has 0 aromatic heterocycles. The van der Waals surface area contributed by atoms with E-state index in [2.05, 4.69) is 26.1 Å². The first-order chi connectivity index (χ1) is 8.60. The van der Waals surface area contributed by atoms with Crippen LogP contribution in [0.4, 0.5) is 0 Å². The molecule has 0 spiro atoms. The highest BCUT2D eigenvalue weighted by molar-refractivity contribution is 5.77. The molecule has 3 nitrogen and oxygen atoms in total. The number of nitrogens with one attached hydrogen (secondary N) is 1. The second kappa shape index (κ2) is 8.57. The predicted octanol–water partition coefficient (Wildman–Crippen LogP) is 3.91. The standard InChI is InChI=1S/C16H33NO2/c1-15(2,3)11-9-7-8-10-12-17-14(18)13-19-16(4,5)6/h7-13H2,1-6H3,(H,17,18). The van der Waals surface area contributed by atoms with E-state index < -0.39 is 0 Å². The topological polar surface area (TPSA) is 38.3 Å². The molecule has 0 aliphatic heterocycles. The van der Waals surface area contributed by atoms with Crippen LogP contribution in [0.1, 0.15) is 73.6 Å². The van der Waals surface area contributed by atoms with Crippen molar-refractivity contribution in [2.75, 3.05) is 13.2 Å². The molecule has 0 aromatic carbocycles. The molecular formula is C16H33NO2. The van der Waals surface area contributed by atoms with Crippen LogP contribution in [0.15, 0.2) is 0 Å². The quantitative estimate of drug-likeness (QED) is 0.680. The van der Waals surface area contributed by atoms with Gasteiger partial charge in [-0.3, -0.25) is 4.79 Å². The minimum atomic E-state index is -0.246. The van der Waals surface area contributed by atoms with Gasteiger partial charge in [0, 0.05) is 6.54 Å². The van der Waals surface area contributed by atoms with Gasteiger partial charge in [0.25, 0.3) is 0 Å². The Morgan fingerprint density at radius 3 is 2.05 bits per heavy atom. The van der Waals surface area contributed by atoms with Gasteiger partial charge in [0.1, 0.15) is 6.61 Å². The van der Waals surface area contributed by atoms with Crippen LogP contribution in [0.2, 0.25) is 0 Å². The average molecular weight is 271 g/mol. The maximum absolute atomic E-state index is 11.5. The summed E-state index contributed by atoms with van der Waals surface area (Å²) in [7, 11) is 0. The SMILES string of the molecule is CC(C)(C)CCCCCCNC(=O)COC(C)(C)C. The fraction of sp³-hybridized carbons (Fsp3) is 0.938. The molecule has 0 atom stereocenters. The summed E-state index contributed by atoms with van der Waals surface area (Å²) in [6, 6.07) is 0. The van der Waals surface area contributed by atoms with Crippen LogP contribution in [0, 0.1) is 5.41 Å². The first-order valence-corrected chi connectivity index (χ1v) is 7.51. The number of hydrogen-bond acceptors (Lipinski definition) is 2. The van der Waals surface area contributed by atoms with Crippen molar-refractivity contribution in [3.8, 4) is 0 Å². The summed E-state index contributed by atoms with van der Waals surface area (Å²) < 4.78 is 5.41. The van der Waals surface area contributed by atoms with Crippen molar-refractivity contribution in [2.45, 2.75) is 79.2 Å². The number of hydrogen-bond donors (Lipinski definition) is 1. The summed E-state index contributed by atoms with van der Waals surface area (Å²) in [4.78, 5) is 11.5. The molecule has 0 fully saturated rings. The largest absolute Gasteiger partial charge is 0.366 e. The Morgan fingerprint density at radius 1 is 0.947 bits per heavy atom. The molecule has 0 radical (unpaired) electrons. The zero-order chi connectivity index (χ0) is 14.9. The average Bonchev–Trinajstić information content (AvgIpc) is 2.22. The van der Waals surface area contributed by atoms with E-state index in [0.29, 0.717) is 5.41 Å². The summed E-state index contributed by atoms with van der Waals surface area (Å²) in [6.07, 6.45) is 6.07. The van der Waals surface area contributed by atoms with Crippen molar-refractivity contribution in [3.05, 3.63) is 0 Å². The van der Waals surface area contributed by atoms with Gasteiger partial charge in [-0.05, 0) is 39.0 Å². The molecule has 114 valence electrons. The van der Waals surface area contributed by atoms with Gasteiger partial charge in [0.05, 0.1) is 5.60 Å². The minimum Gasteiger partial charge on any atom is -0.366 e. The first kappa shape index (κ1) is 18.4. The molecule has 0 aliphatic rings.